The van der Waals surface area contributed by atoms with Gasteiger partial charge in [0.2, 0.25) is 0 Å². The van der Waals surface area contributed by atoms with Gasteiger partial charge in [0.1, 0.15) is 11.0 Å². The number of nitrogens with zero attached hydrogens (tertiary/aromatic N) is 3. The van der Waals surface area contributed by atoms with Crippen LogP contribution in [0.2, 0.25) is 0 Å². The van der Waals surface area contributed by atoms with E-state index in [-0.39, 0.29) is 0 Å². The van der Waals surface area contributed by atoms with E-state index in [9.17, 15) is 0 Å². The van der Waals surface area contributed by atoms with Crippen molar-refractivity contribution >= 4 is 22.4 Å². The van der Waals surface area contributed by atoms with Crippen LogP contribution in [0, 0.1) is 0 Å². The van der Waals surface area contributed by atoms with Crippen molar-refractivity contribution in [1.82, 2.24) is 15.3 Å². The first kappa shape index (κ1) is 7.64. The fraction of sp³-hybridized carbons (Fsp3) is 0. The molecule has 0 spiro atoms. The van der Waals surface area contributed by atoms with E-state index >= 15 is 0 Å². The quantitative estimate of drug-likeness (QED) is 0.609. The Morgan fingerprint density at radius 2 is 2.07 bits per heavy atom. The largest absolute Gasteiger partial charge is 0.245 e. The van der Waals surface area contributed by atoms with Crippen LogP contribution in [0.3, 0.4) is 0 Å². The lowest BCUT2D eigenvalue weighted by Gasteiger charge is -1.93. The predicted molar refractivity (Wildman–Crippen MR) is 52.9 cm³/mol. The summed E-state index contributed by atoms with van der Waals surface area (Å²) in [4.78, 5) is 4.22. The lowest BCUT2D eigenvalue weighted by Crippen LogP contribution is -1.77. The molecule has 0 aliphatic rings. The minimum atomic E-state index is 0.760. The zero-order valence-electron chi connectivity index (χ0n) is 7.04. The molecule has 2 heterocycles. The van der Waals surface area contributed by atoms with Gasteiger partial charge in [0.05, 0.1) is 11.2 Å². The average Bonchev–Trinajstić information content (AvgIpc) is 2.88. The summed E-state index contributed by atoms with van der Waals surface area (Å²) in [5.74, 6) is 0. The SMILES string of the molecule is c1nc(-c2ccc3nonc3c2)cs1. The van der Waals surface area contributed by atoms with E-state index in [2.05, 4.69) is 19.9 Å². The molecular weight excluding hydrogens is 198 g/mol. The number of fused-ring (bicyclic) bond motifs is 1. The Hall–Kier alpha value is -1.75. The Bertz CT molecular complexity index is 558. The van der Waals surface area contributed by atoms with Gasteiger partial charge in [-0.05, 0) is 22.4 Å². The summed E-state index contributed by atoms with van der Waals surface area (Å²) in [6, 6.07) is 5.75. The molecule has 1 aromatic carbocycles. The van der Waals surface area contributed by atoms with Crippen LogP contribution in [0.5, 0.6) is 0 Å². The Labute approximate surface area is 83.2 Å². The second-order valence-electron chi connectivity index (χ2n) is 2.84. The summed E-state index contributed by atoms with van der Waals surface area (Å²) in [6.07, 6.45) is 0. The monoisotopic (exact) mass is 203 g/mol. The van der Waals surface area contributed by atoms with Crippen molar-refractivity contribution in [2.45, 2.75) is 0 Å². The normalized spacial score (nSPS) is 10.9. The molecule has 0 fully saturated rings. The number of aromatic nitrogens is 3. The lowest BCUT2D eigenvalue weighted by atomic mass is 10.1. The van der Waals surface area contributed by atoms with Gasteiger partial charge in [-0.3, -0.25) is 0 Å². The van der Waals surface area contributed by atoms with Crippen molar-refractivity contribution in [1.29, 1.82) is 0 Å². The molecule has 5 heteroatoms. The molecule has 0 saturated carbocycles. The highest BCUT2D eigenvalue weighted by atomic mass is 32.1. The van der Waals surface area contributed by atoms with Gasteiger partial charge in [-0.25, -0.2) is 9.61 Å². The Kier molecular flexibility index (Phi) is 1.57. The zero-order valence-corrected chi connectivity index (χ0v) is 7.86. The lowest BCUT2D eigenvalue weighted by molar-refractivity contribution is 0.315. The molecule has 14 heavy (non-hydrogen) atoms. The van der Waals surface area contributed by atoms with E-state index in [1.165, 1.54) is 0 Å². The van der Waals surface area contributed by atoms with Crippen molar-refractivity contribution in [3.05, 3.63) is 29.1 Å². The second-order valence-corrected chi connectivity index (χ2v) is 3.56. The number of hydrogen-bond donors (Lipinski definition) is 0. The number of rotatable bonds is 1. The van der Waals surface area contributed by atoms with Gasteiger partial charge in [-0.15, -0.1) is 11.3 Å². The van der Waals surface area contributed by atoms with Gasteiger partial charge in [-0.1, -0.05) is 6.07 Å². The maximum absolute atomic E-state index is 4.62. The molecule has 68 valence electrons. The molecule has 0 unspecified atom stereocenters. The van der Waals surface area contributed by atoms with Crippen LogP contribution < -0.4 is 0 Å². The van der Waals surface area contributed by atoms with Crippen molar-refractivity contribution in [2.24, 2.45) is 0 Å². The van der Waals surface area contributed by atoms with Gasteiger partial charge in [0.25, 0.3) is 0 Å². The molecule has 0 bridgehead atoms. The molecule has 0 saturated heterocycles. The van der Waals surface area contributed by atoms with Crippen molar-refractivity contribution < 1.29 is 4.63 Å². The van der Waals surface area contributed by atoms with Crippen molar-refractivity contribution in [3.63, 3.8) is 0 Å². The van der Waals surface area contributed by atoms with Crippen LogP contribution in [0.1, 0.15) is 0 Å². The minimum Gasteiger partial charge on any atom is -0.245 e. The summed E-state index contributed by atoms with van der Waals surface area (Å²) >= 11 is 1.57. The Morgan fingerprint density at radius 1 is 1.14 bits per heavy atom. The smallest absolute Gasteiger partial charge is 0.135 e. The number of benzene rings is 1. The number of hydrogen-bond acceptors (Lipinski definition) is 5. The first-order valence-corrected chi connectivity index (χ1v) is 4.99. The maximum atomic E-state index is 4.62. The van der Waals surface area contributed by atoms with E-state index in [1.807, 2.05) is 23.6 Å². The maximum Gasteiger partial charge on any atom is 0.135 e. The molecule has 3 rings (SSSR count). The van der Waals surface area contributed by atoms with E-state index in [0.717, 1.165) is 22.3 Å². The molecule has 0 N–H and O–H groups in total. The predicted octanol–water partition coefficient (Wildman–Crippen LogP) is 2.35. The van der Waals surface area contributed by atoms with Crippen LogP contribution in [0.15, 0.2) is 33.7 Å². The van der Waals surface area contributed by atoms with Crippen LogP contribution >= 0.6 is 11.3 Å². The van der Waals surface area contributed by atoms with Gasteiger partial charge in [0, 0.05) is 10.9 Å². The fourth-order valence-corrected chi connectivity index (χ4v) is 1.86. The molecule has 4 nitrogen and oxygen atoms in total. The van der Waals surface area contributed by atoms with Gasteiger partial charge < -0.3 is 0 Å². The van der Waals surface area contributed by atoms with Crippen LogP contribution in [-0.2, 0) is 0 Å². The van der Waals surface area contributed by atoms with Crippen LogP contribution in [0.25, 0.3) is 22.3 Å². The van der Waals surface area contributed by atoms with Crippen molar-refractivity contribution in [3.8, 4) is 11.3 Å². The Balaban J connectivity index is 2.23. The Morgan fingerprint density at radius 3 is 2.93 bits per heavy atom. The summed E-state index contributed by atoms with van der Waals surface area (Å²) in [5.41, 5.74) is 5.33. The van der Waals surface area contributed by atoms with E-state index in [4.69, 9.17) is 0 Å². The average molecular weight is 203 g/mol. The molecule has 0 atom stereocenters. The molecule has 3 aromatic rings. The first-order chi connectivity index (χ1) is 6.93. The summed E-state index contributed by atoms with van der Waals surface area (Å²) < 4.78 is 4.62. The summed E-state index contributed by atoms with van der Waals surface area (Å²) in [7, 11) is 0. The summed E-state index contributed by atoms with van der Waals surface area (Å²) in [6.45, 7) is 0. The minimum absolute atomic E-state index is 0.760. The van der Waals surface area contributed by atoms with Crippen molar-refractivity contribution in [2.75, 3.05) is 0 Å². The van der Waals surface area contributed by atoms with Gasteiger partial charge in [-0.2, -0.15) is 0 Å². The molecule has 0 aliphatic carbocycles. The third kappa shape index (κ3) is 1.10. The van der Waals surface area contributed by atoms with E-state index in [0.29, 0.717) is 0 Å². The number of thiazole rings is 1. The highest BCUT2D eigenvalue weighted by molar-refractivity contribution is 7.07. The van der Waals surface area contributed by atoms with Crippen LogP contribution in [0.4, 0.5) is 0 Å². The molecule has 0 radical (unpaired) electrons. The molecular formula is C9H5N3OS. The first-order valence-electron chi connectivity index (χ1n) is 4.04. The third-order valence-corrected chi connectivity index (χ3v) is 2.57. The van der Waals surface area contributed by atoms with Gasteiger partial charge >= 0.3 is 0 Å². The molecule has 0 aliphatic heterocycles. The van der Waals surface area contributed by atoms with E-state index in [1.54, 1.807) is 16.8 Å². The fourth-order valence-electron chi connectivity index (χ4n) is 1.30. The summed E-state index contributed by atoms with van der Waals surface area (Å²) in [5, 5.41) is 9.51. The van der Waals surface area contributed by atoms with Crippen LogP contribution in [-0.4, -0.2) is 15.3 Å². The third-order valence-electron chi connectivity index (χ3n) is 1.98. The highest BCUT2D eigenvalue weighted by Gasteiger charge is 2.04. The zero-order chi connectivity index (χ0) is 9.38. The highest BCUT2D eigenvalue weighted by Crippen LogP contribution is 2.22. The standard InChI is InChI=1S/C9H5N3OS/c1-2-7-8(12-13-11-7)3-6(1)9-4-14-5-10-9/h1-5H. The van der Waals surface area contributed by atoms with E-state index < -0.39 is 0 Å². The van der Waals surface area contributed by atoms with Gasteiger partial charge in [0.15, 0.2) is 0 Å². The topological polar surface area (TPSA) is 51.8 Å². The second kappa shape index (κ2) is 2.88. The molecule has 2 aromatic heterocycles. The molecule has 0 amide bonds.